The number of nitrogens with one attached hydrogen (secondary N) is 1. The summed E-state index contributed by atoms with van der Waals surface area (Å²) in [5.74, 6) is -0.536. The molecule has 4 aromatic carbocycles. The molecule has 0 aliphatic heterocycles. The lowest BCUT2D eigenvalue weighted by Gasteiger charge is -2.34. The van der Waals surface area contributed by atoms with Crippen LogP contribution in [0.25, 0.3) is 0 Å². The maximum atomic E-state index is 14.6. The van der Waals surface area contributed by atoms with E-state index in [1.807, 2.05) is 87.5 Å². The predicted molar refractivity (Wildman–Crippen MR) is 193 cm³/mol. The zero-order chi connectivity index (χ0) is 34.1. The number of carbonyl (C=O) groups is 2. The Kier molecular flexibility index (Phi) is 12.4. The quantitative estimate of drug-likeness (QED) is 0.145. The second kappa shape index (κ2) is 16.2. The van der Waals surface area contributed by atoms with E-state index in [1.165, 1.54) is 4.90 Å². The summed E-state index contributed by atoms with van der Waals surface area (Å²) in [6, 6.07) is 30.0. The van der Waals surface area contributed by atoms with Crippen molar-refractivity contribution in [2.24, 2.45) is 0 Å². The van der Waals surface area contributed by atoms with Crippen molar-refractivity contribution in [2.45, 2.75) is 76.9 Å². The maximum absolute atomic E-state index is 14.6. The Hall–Kier alpha value is -3.95. The summed E-state index contributed by atoms with van der Waals surface area (Å²) in [4.78, 5) is 30.2. The molecule has 47 heavy (non-hydrogen) atoms. The number of sulfonamides is 1. The summed E-state index contributed by atoms with van der Waals surface area (Å²) >= 11 is 3.52. The Morgan fingerprint density at radius 1 is 0.830 bits per heavy atom. The number of halogens is 1. The van der Waals surface area contributed by atoms with E-state index in [1.54, 1.807) is 36.4 Å². The van der Waals surface area contributed by atoms with Gasteiger partial charge in [0.15, 0.2) is 0 Å². The minimum absolute atomic E-state index is 0.0812. The fourth-order valence-electron chi connectivity index (χ4n) is 5.22. The molecule has 0 saturated carbocycles. The summed E-state index contributed by atoms with van der Waals surface area (Å²) in [5, 5.41) is 3.07. The smallest absolute Gasteiger partial charge is 0.264 e. The molecule has 2 atom stereocenters. The zero-order valence-corrected chi connectivity index (χ0v) is 30.1. The van der Waals surface area contributed by atoms with Crippen molar-refractivity contribution in [2.75, 3.05) is 10.8 Å². The Morgan fingerprint density at radius 2 is 1.47 bits per heavy atom. The fourth-order valence-corrected chi connectivity index (χ4v) is 7.08. The number of nitrogens with zero attached hydrogens (tertiary/aromatic N) is 2. The van der Waals surface area contributed by atoms with Gasteiger partial charge in [-0.1, -0.05) is 109 Å². The Balaban J connectivity index is 1.82. The highest BCUT2D eigenvalue weighted by atomic mass is 79.9. The maximum Gasteiger partial charge on any atom is 0.264 e. The Morgan fingerprint density at radius 3 is 2.06 bits per heavy atom. The summed E-state index contributed by atoms with van der Waals surface area (Å²) in [6.45, 7) is 9.54. The van der Waals surface area contributed by atoms with Crippen molar-refractivity contribution in [3.63, 3.8) is 0 Å². The molecule has 0 aliphatic rings. The average Bonchev–Trinajstić information content (AvgIpc) is 3.05. The van der Waals surface area contributed by atoms with Gasteiger partial charge in [-0.3, -0.25) is 13.9 Å². The van der Waals surface area contributed by atoms with Gasteiger partial charge in [0.25, 0.3) is 10.0 Å². The highest BCUT2D eigenvalue weighted by Crippen LogP contribution is 2.27. The van der Waals surface area contributed by atoms with Crippen LogP contribution >= 0.6 is 15.9 Å². The van der Waals surface area contributed by atoms with Gasteiger partial charge in [0.05, 0.1) is 10.6 Å². The molecule has 0 heterocycles. The van der Waals surface area contributed by atoms with Gasteiger partial charge in [-0.05, 0) is 79.3 Å². The summed E-state index contributed by atoms with van der Waals surface area (Å²) in [6.07, 6.45) is 0.981. The molecule has 0 aromatic heterocycles. The summed E-state index contributed by atoms with van der Waals surface area (Å²) in [7, 11) is -4.16. The van der Waals surface area contributed by atoms with Crippen molar-refractivity contribution in [1.82, 2.24) is 10.2 Å². The van der Waals surface area contributed by atoms with Crippen LogP contribution in [0.5, 0.6) is 0 Å². The minimum atomic E-state index is -4.16. The minimum Gasteiger partial charge on any atom is -0.352 e. The van der Waals surface area contributed by atoms with Crippen LogP contribution in [0.15, 0.2) is 112 Å². The van der Waals surface area contributed by atoms with E-state index in [4.69, 9.17) is 0 Å². The third kappa shape index (κ3) is 9.55. The largest absolute Gasteiger partial charge is 0.352 e. The van der Waals surface area contributed by atoms with E-state index in [-0.39, 0.29) is 35.7 Å². The van der Waals surface area contributed by atoms with Crippen molar-refractivity contribution in [1.29, 1.82) is 0 Å². The molecule has 0 fully saturated rings. The van der Waals surface area contributed by atoms with Crippen LogP contribution in [-0.4, -0.2) is 43.8 Å². The lowest BCUT2D eigenvalue weighted by atomic mass is 10.0. The molecule has 0 bridgehead atoms. The van der Waals surface area contributed by atoms with E-state index < -0.39 is 28.5 Å². The van der Waals surface area contributed by atoms with Gasteiger partial charge >= 0.3 is 0 Å². The molecule has 1 N–H and O–H groups in total. The molecule has 7 nitrogen and oxygen atoms in total. The topological polar surface area (TPSA) is 86.8 Å². The molecule has 248 valence electrons. The average molecular weight is 719 g/mol. The third-order valence-electron chi connectivity index (χ3n) is 8.25. The molecule has 4 rings (SSSR count). The predicted octanol–water partition coefficient (Wildman–Crippen LogP) is 7.63. The van der Waals surface area contributed by atoms with Crippen molar-refractivity contribution < 1.29 is 18.0 Å². The van der Waals surface area contributed by atoms with Crippen molar-refractivity contribution in [3.8, 4) is 0 Å². The van der Waals surface area contributed by atoms with Gasteiger partial charge in [0.2, 0.25) is 11.8 Å². The Labute approximate surface area is 288 Å². The lowest BCUT2D eigenvalue weighted by Crippen LogP contribution is -2.54. The van der Waals surface area contributed by atoms with Crippen LogP contribution in [-0.2, 0) is 32.6 Å². The van der Waals surface area contributed by atoms with E-state index in [2.05, 4.69) is 35.1 Å². The first-order valence-electron chi connectivity index (χ1n) is 16.0. The number of carbonyl (C=O) groups excluding carboxylic acids is 2. The normalized spacial score (nSPS) is 12.7. The van der Waals surface area contributed by atoms with E-state index >= 15 is 0 Å². The van der Waals surface area contributed by atoms with Crippen LogP contribution < -0.4 is 9.62 Å². The monoisotopic (exact) mass is 717 g/mol. The number of hydrogen-bond donors (Lipinski definition) is 1. The number of rotatable bonds is 14. The molecule has 0 aliphatic carbocycles. The second-order valence-electron chi connectivity index (χ2n) is 12.2. The first-order valence-corrected chi connectivity index (χ1v) is 18.2. The molecule has 0 unspecified atom stereocenters. The number of hydrogen-bond acceptors (Lipinski definition) is 4. The van der Waals surface area contributed by atoms with Gasteiger partial charge in [-0.2, -0.15) is 0 Å². The molecule has 0 radical (unpaired) electrons. The summed E-state index contributed by atoms with van der Waals surface area (Å²) < 4.78 is 30.5. The van der Waals surface area contributed by atoms with Gasteiger partial charge < -0.3 is 10.2 Å². The molecular formula is C38H44BrN3O4S. The van der Waals surface area contributed by atoms with E-state index in [0.29, 0.717) is 5.69 Å². The zero-order valence-electron chi connectivity index (χ0n) is 27.7. The molecular weight excluding hydrogens is 674 g/mol. The SMILES string of the molecule is CC[C@@H](C)NC(=O)[C@@H](Cc1ccccc1)N(Cc1cccc(Br)c1)C(=O)CN(c1ccc(C(C)C)cc1)S(=O)(=O)c1ccc(C)cc1. The number of aryl methyl sites for hydroxylation is 1. The van der Waals surface area contributed by atoms with Gasteiger partial charge in [-0.15, -0.1) is 0 Å². The first kappa shape index (κ1) is 35.9. The molecule has 0 saturated heterocycles. The third-order valence-corrected chi connectivity index (χ3v) is 10.5. The standard InChI is InChI=1S/C38H44BrN3O4S/c1-6-29(5)40-38(44)36(24-30-11-8-7-9-12-30)41(25-31-13-10-14-33(39)23-31)37(43)26-42(34-19-17-32(18-20-34)27(2)3)47(45,46)35-21-15-28(4)16-22-35/h7-23,27,29,36H,6,24-26H2,1-5H3,(H,40,44)/t29-,36-/m1/s1. The molecule has 4 aromatic rings. The van der Waals surface area contributed by atoms with Crippen LogP contribution in [0.1, 0.15) is 62.3 Å². The van der Waals surface area contributed by atoms with Gasteiger partial charge in [-0.25, -0.2) is 8.42 Å². The summed E-state index contributed by atoms with van der Waals surface area (Å²) in [5.41, 5.74) is 4.03. The number of benzene rings is 4. The second-order valence-corrected chi connectivity index (χ2v) is 15.0. The molecule has 2 amide bonds. The first-order chi connectivity index (χ1) is 22.4. The van der Waals surface area contributed by atoms with Crippen LogP contribution in [0, 0.1) is 6.92 Å². The van der Waals surface area contributed by atoms with Gasteiger partial charge in [0, 0.05) is 23.5 Å². The van der Waals surface area contributed by atoms with Crippen LogP contribution in [0.3, 0.4) is 0 Å². The Bertz CT molecular complexity index is 1740. The highest BCUT2D eigenvalue weighted by Gasteiger charge is 2.35. The fraction of sp³-hybridized carbons (Fsp3) is 0.316. The molecule has 9 heteroatoms. The van der Waals surface area contributed by atoms with E-state index in [0.717, 1.165) is 37.5 Å². The van der Waals surface area contributed by atoms with Crippen LogP contribution in [0.2, 0.25) is 0 Å². The molecule has 0 spiro atoms. The van der Waals surface area contributed by atoms with E-state index in [9.17, 15) is 18.0 Å². The van der Waals surface area contributed by atoms with Crippen molar-refractivity contribution >= 4 is 43.5 Å². The number of anilines is 1. The highest BCUT2D eigenvalue weighted by molar-refractivity contribution is 9.10. The number of amides is 2. The van der Waals surface area contributed by atoms with Crippen molar-refractivity contribution in [3.05, 3.63) is 130 Å². The van der Waals surface area contributed by atoms with Gasteiger partial charge in [0.1, 0.15) is 12.6 Å². The van der Waals surface area contributed by atoms with Crippen LogP contribution in [0.4, 0.5) is 5.69 Å². The lowest BCUT2D eigenvalue weighted by molar-refractivity contribution is -0.140.